The van der Waals surface area contributed by atoms with E-state index in [0.29, 0.717) is 0 Å². The highest BCUT2D eigenvalue weighted by Crippen LogP contribution is 2.37. The Kier molecular flexibility index (Phi) is 2.99. The second kappa shape index (κ2) is 4.02. The molecule has 1 fully saturated rings. The van der Waals surface area contributed by atoms with Crippen LogP contribution in [0.2, 0.25) is 5.02 Å². The third-order valence-electron chi connectivity index (χ3n) is 3.52. The fourth-order valence-electron chi connectivity index (χ4n) is 2.48. The zero-order valence-electron chi connectivity index (χ0n) is 9.70. The van der Waals surface area contributed by atoms with Crippen molar-refractivity contribution >= 4 is 11.6 Å². The van der Waals surface area contributed by atoms with Crippen molar-refractivity contribution in [2.75, 3.05) is 6.61 Å². The molecule has 1 heterocycles. The second-order valence-corrected chi connectivity index (χ2v) is 5.22. The number of aliphatic hydroxyl groups excluding tert-OH is 1. The summed E-state index contributed by atoms with van der Waals surface area (Å²) in [7, 11) is 0. The number of nitrogens with two attached hydrogens (primary N) is 1. The molecule has 1 aliphatic carbocycles. The van der Waals surface area contributed by atoms with Crippen molar-refractivity contribution < 1.29 is 5.11 Å². The summed E-state index contributed by atoms with van der Waals surface area (Å²) in [5.74, 6) is 0. The van der Waals surface area contributed by atoms with Gasteiger partial charge < -0.3 is 10.8 Å². The average molecular weight is 244 g/mol. The zero-order chi connectivity index (χ0) is 11.9. The molecule has 1 saturated carbocycles. The van der Waals surface area contributed by atoms with E-state index in [0.717, 1.165) is 35.7 Å². The van der Waals surface area contributed by atoms with Crippen LogP contribution >= 0.6 is 11.6 Å². The number of hydrogen-bond donors (Lipinski definition) is 2. The number of aliphatic hydroxyl groups is 1. The standard InChI is InChI=1S/C11H18ClN3O/c1-7-10(12)8(2)15(14-7)9-3-4-11(13,5-9)6-16/h9,16H,3-6,13H2,1-2H3. The van der Waals surface area contributed by atoms with Crippen molar-refractivity contribution in [1.82, 2.24) is 9.78 Å². The van der Waals surface area contributed by atoms with Gasteiger partial charge in [-0.2, -0.15) is 5.10 Å². The molecule has 2 atom stereocenters. The molecule has 90 valence electrons. The molecule has 0 amide bonds. The molecule has 0 radical (unpaired) electrons. The predicted molar refractivity (Wildman–Crippen MR) is 63.6 cm³/mol. The summed E-state index contributed by atoms with van der Waals surface area (Å²) in [5, 5.41) is 14.4. The van der Waals surface area contributed by atoms with Gasteiger partial charge in [-0.3, -0.25) is 4.68 Å². The summed E-state index contributed by atoms with van der Waals surface area (Å²) < 4.78 is 1.96. The fraction of sp³-hybridized carbons (Fsp3) is 0.727. The van der Waals surface area contributed by atoms with Crippen LogP contribution in [0.1, 0.15) is 36.7 Å². The summed E-state index contributed by atoms with van der Waals surface area (Å²) in [6, 6.07) is 0.267. The summed E-state index contributed by atoms with van der Waals surface area (Å²) >= 11 is 6.12. The van der Waals surface area contributed by atoms with Crippen LogP contribution in [0.3, 0.4) is 0 Å². The van der Waals surface area contributed by atoms with Crippen LogP contribution in [0.4, 0.5) is 0 Å². The SMILES string of the molecule is Cc1nn(C2CCC(N)(CO)C2)c(C)c1Cl. The summed E-state index contributed by atoms with van der Waals surface area (Å²) in [6.07, 6.45) is 2.56. The minimum Gasteiger partial charge on any atom is -0.394 e. The Morgan fingerprint density at radius 3 is 2.75 bits per heavy atom. The minimum atomic E-state index is -0.441. The van der Waals surface area contributed by atoms with Gasteiger partial charge in [-0.05, 0) is 33.1 Å². The first-order valence-electron chi connectivity index (χ1n) is 5.58. The molecule has 16 heavy (non-hydrogen) atoms. The lowest BCUT2D eigenvalue weighted by molar-refractivity contribution is 0.195. The van der Waals surface area contributed by atoms with E-state index in [1.807, 2.05) is 18.5 Å². The topological polar surface area (TPSA) is 64.1 Å². The van der Waals surface area contributed by atoms with Gasteiger partial charge in [0.1, 0.15) is 0 Å². The monoisotopic (exact) mass is 243 g/mol. The Hall–Kier alpha value is -0.580. The first-order chi connectivity index (χ1) is 7.47. The van der Waals surface area contributed by atoms with Gasteiger partial charge in [-0.1, -0.05) is 11.6 Å². The van der Waals surface area contributed by atoms with Crippen molar-refractivity contribution in [2.45, 2.75) is 44.7 Å². The van der Waals surface area contributed by atoms with Gasteiger partial charge in [0, 0.05) is 5.54 Å². The maximum atomic E-state index is 9.24. The highest BCUT2D eigenvalue weighted by molar-refractivity contribution is 6.31. The molecule has 4 nitrogen and oxygen atoms in total. The van der Waals surface area contributed by atoms with Crippen LogP contribution in [0.5, 0.6) is 0 Å². The second-order valence-electron chi connectivity index (χ2n) is 4.85. The van der Waals surface area contributed by atoms with Crippen LogP contribution in [-0.2, 0) is 0 Å². The molecule has 2 rings (SSSR count). The van der Waals surface area contributed by atoms with Gasteiger partial charge >= 0.3 is 0 Å². The highest BCUT2D eigenvalue weighted by Gasteiger charge is 2.37. The molecule has 3 N–H and O–H groups in total. The van der Waals surface area contributed by atoms with E-state index in [-0.39, 0.29) is 12.6 Å². The van der Waals surface area contributed by atoms with E-state index in [2.05, 4.69) is 5.10 Å². The Bertz CT molecular complexity index is 404. The molecule has 2 unspecified atom stereocenters. The molecule has 1 aromatic rings. The van der Waals surface area contributed by atoms with Crippen molar-refractivity contribution in [3.63, 3.8) is 0 Å². The number of halogens is 1. The summed E-state index contributed by atoms with van der Waals surface area (Å²) in [6.45, 7) is 3.91. The van der Waals surface area contributed by atoms with Gasteiger partial charge in [0.05, 0.1) is 29.1 Å². The molecule has 1 aromatic heterocycles. The van der Waals surface area contributed by atoms with E-state index in [9.17, 15) is 5.11 Å². The fourth-order valence-corrected chi connectivity index (χ4v) is 2.60. The average Bonchev–Trinajstić information content (AvgIpc) is 2.76. The number of aryl methyl sites for hydroxylation is 1. The van der Waals surface area contributed by atoms with Crippen molar-refractivity contribution in [1.29, 1.82) is 0 Å². The van der Waals surface area contributed by atoms with Gasteiger partial charge in [-0.15, -0.1) is 0 Å². The molecule has 0 bridgehead atoms. The minimum absolute atomic E-state index is 0.0382. The Labute approximate surface area is 100 Å². The van der Waals surface area contributed by atoms with Gasteiger partial charge in [-0.25, -0.2) is 0 Å². The molecule has 5 heteroatoms. The first kappa shape index (κ1) is 11.9. The molecule has 0 aromatic carbocycles. The molecule has 0 saturated heterocycles. The molecule has 1 aliphatic rings. The zero-order valence-corrected chi connectivity index (χ0v) is 10.5. The summed E-state index contributed by atoms with van der Waals surface area (Å²) in [4.78, 5) is 0. The number of rotatable bonds is 2. The molecule has 0 spiro atoms. The van der Waals surface area contributed by atoms with Crippen LogP contribution in [0, 0.1) is 13.8 Å². The van der Waals surface area contributed by atoms with Crippen LogP contribution in [0.25, 0.3) is 0 Å². The predicted octanol–water partition coefficient (Wildman–Crippen LogP) is 1.57. The van der Waals surface area contributed by atoms with Crippen molar-refractivity contribution in [3.8, 4) is 0 Å². The van der Waals surface area contributed by atoms with Crippen LogP contribution in [-0.4, -0.2) is 27.0 Å². The number of nitrogens with zero attached hydrogens (tertiary/aromatic N) is 2. The quantitative estimate of drug-likeness (QED) is 0.829. The van der Waals surface area contributed by atoms with Gasteiger partial charge in [0.2, 0.25) is 0 Å². The normalized spacial score (nSPS) is 29.9. The number of hydrogen-bond acceptors (Lipinski definition) is 3. The van der Waals surface area contributed by atoms with Crippen LogP contribution < -0.4 is 5.73 Å². The van der Waals surface area contributed by atoms with E-state index in [4.69, 9.17) is 17.3 Å². The highest BCUT2D eigenvalue weighted by atomic mass is 35.5. The number of aromatic nitrogens is 2. The molecular formula is C11H18ClN3O. The van der Waals surface area contributed by atoms with Crippen molar-refractivity contribution in [3.05, 3.63) is 16.4 Å². The van der Waals surface area contributed by atoms with Crippen LogP contribution in [0.15, 0.2) is 0 Å². The lowest BCUT2D eigenvalue weighted by atomic mass is 10.0. The van der Waals surface area contributed by atoms with E-state index < -0.39 is 5.54 Å². The summed E-state index contributed by atoms with van der Waals surface area (Å²) in [5.41, 5.74) is 7.47. The third kappa shape index (κ3) is 1.85. The Balaban J connectivity index is 2.24. The Morgan fingerprint density at radius 1 is 1.62 bits per heavy atom. The van der Waals surface area contributed by atoms with Gasteiger partial charge in [0.25, 0.3) is 0 Å². The maximum Gasteiger partial charge on any atom is 0.0844 e. The smallest absolute Gasteiger partial charge is 0.0844 e. The van der Waals surface area contributed by atoms with Crippen molar-refractivity contribution in [2.24, 2.45) is 5.73 Å². The molecular weight excluding hydrogens is 226 g/mol. The lowest BCUT2D eigenvalue weighted by Gasteiger charge is -2.21. The lowest BCUT2D eigenvalue weighted by Crippen LogP contribution is -2.40. The third-order valence-corrected chi connectivity index (χ3v) is 4.06. The molecule has 0 aliphatic heterocycles. The van der Waals surface area contributed by atoms with E-state index in [1.165, 1.54) is 0 Å². The first-order valence-corrected chi connectivity index (χ1v) is 5.95. The van der Waals surface area contributed by atoms with Gasteiger partial charge in [0.15, 0.2) is 0 Å². The van der Waals surface area contributed by atoms with E-state index >= 15 is 0 Å². The maximum absolute atomic E-state index is 9.24. The van der Waals surface area contributed by atoms with E-state index in [1.54, 1.807) is 0 Å². The Morgan fingerprint density at radius 2 is 2.31 bits per heavy atom. The largest absolute Gasteiger partial charge is 0.394 e.